The summed E-state index contributed by atoms with van der Waals surface area (Å²) in [5.41, 5.74) is 2.19. The number of thiazole rings is 1. The average Bonchev–Trinajstić information content (AvgIpc) is 3.26. The van der Waals surface area contributed by atoms with Crippen LogP contribution in [0.5, 0.6) is 0 Å². The minimum absolute atomic E-state index is 0.0810. The number of carbonyl (C=O) groups excluding carboxylic acids is 2. The molecule has 0 spiro atoms. The number of hydrogen-bond donors (Lipinski definition) is 1. The van der Waals surface area contributed by atoms with Gasteiger partial charge >= 0.3 is 5.97 Å². The van der Waals surface area contributed by atoms with Gasteiger partial charge in [-0.2, -0.15) is 0 Å². The molecule has 1 amide bonds. The van der Waals surface area contributed by atoms with E-state index in [1.165, 1.54) is 16.2 Å². The first kappa shape index (κ1) is 22.2. The maximum absolute atomic E-state index is 13.6. The lowest BCUT2D eigenvalue weighted by Gasteiger charge is -2.32. The highest BCUT2D eigenvalue weighted by atomic mass is 35.5. The predicted molar refractivity (Wildman–Crippen MR) is 124 cm³/mol. The quantitative estimate of drug-likeness (QED) is 0.567. The van der Waals surface area contributed by atoms with Crippen LogP contribution < -0.4 is 4.90 Å². The summed E-state index contributed by atoms with van der Waals surface area (Å²) in [4.78, 5) is 43.8. The summed E-state index contributed by atoms with van der Waals surface area (Å²) in [6.07, 6.45) is 0.386. The summed E-state index contributed by atoms with van der Waals surface area (Å²) < 4.78 is 0. The first-order valence-electron chi connectivity index (χ1n) is 10.2. The van der Waals surface area contributed by atoms with Gasteiger partial charge < -0.3 is 5.11 Å². The Balaban J connectivity index is 1.72. The predicted octanol–water partition coefficient (Wildman–Crippen LogP) is 5.03. The van der Waals surface area contributed by atoms with Gasteiger partial charge in [-0.15, -0.1) is 11.3 Å². The van der Waals surface area contributed by atoms with Crippen molar-refractivity contribution in [3.63, 3.8) is 0 Å². The SMILES string of the molecule is O=C(O)C[C@@H]1C(=O)N(c2nc(-c3ccccc3Cl)cs2)CC(=O)CC[C@@H]1c1ccccc1. The number of carboxylic acid groups (broad SMARTS) is 1. The summed E-state index contributed by atoms with van der Waals surface area (Å²) in [5.74, 6) is -2.69. The number of Topliss-reactive ketones (excluding diaryl/α,β-unsaturated/α-hetero) is 1. The van der Waals surface area contributed by atoms with Gasteiger partial charge in [0.2, 0.25) is 5.91 Å². The smallest absolute Gasteiger partial charge is 0.304 e. The Bertz CT molecular complexity index is 1150. The molecule has 3 aromatic rings. The highest BCUT2D eigenvalue weighted by Crippen LogP contribution is 2.38. The summed E-state index contributed by atoms with van der Waals surface area (Å²) in [6, 6.07) is 16.6. The third-order valence-corrected chi connectivity index (χ3v) is 6.83. The van der Waals surface area contributed by atoms with Crippen molar-refractivity contribution in [2.45, 2.75) is 25.2 Å². The molecule has 0 saturated carbocycles. The molecular formula is C24H21ClN2O4S. The van der Waals surface area contributed by atoms with Crippen LogP contribution in [0.3, 0.4) is 0 Å². The number of aromatic nitrogens is 1. The molecule has 4 rings (SSSR count). The molecule has 8 heteroatoms. The van der Waals surface area contributed by atoms with Crippen LogP contribution in [0.2, 0.25) is 5.02 Å². The number of ketones is 1. The zero-order valence-electron chi connectivity index (χ0n) is 17.1. The number of carbonyl (C=O) groups is 3. The van der Waals surface area contributed by atoms with Crippen molar-refractivity contribution in [1.82, 2.24) is 4.98 Å². The molecule has 2 aromatic carbocycles. The van der Waals surface area contributed by atoms with E-state index in [1.807, 2.05) is 48.5 Å². The number of carboxylic acids is 1. The van der Waals surface area contributed by atoms with Crippen LogP contribution >= 0.6 is 22.9 Å². The third kappa shape index (κ3) is 4.74. The van der Waals surface area contributed by atoms with E-state index in [2.05, 4.69) is 4.98 Å². The molecule has 0 bridgehead atoms. The van der Waals surface area contributed by atoms with E-state index in [-0.39, 0.29) is 31.1 Å². The molecule has 1 saturated heterocycles. The Morgan fingerprint density at radius 1 is 1.12 bits per heavy atom. The molecule has 1 aliphatic heterocycles. The summed E-state index contributed by atoms with van der Waals surface area (Å²) in [6.45, 7) is -0.119. The van der Waals surface area contributed by atoms with Crippen LogP contribution in [-0.4, -0.2) is 34.3 Å². The van der Waals surface area contributed by atoms with Crippen molar-refractivity contribution in [3.05, 3.63) is 70.6 Å². The lowest BCUT2D eigenvalue weighted by molar-refractivity contribution is -0.141. The van der Waals surface area contributed by atoms with Crippen molar-refractivity contribution in [2.24, 2.45) is 5.92 Å². The molecule has 32 heavy (non-hydrogen) atoms. The Hall–Kier alpha value is -3.03. The van der Waals surface area contributed by atoms with E-state index in [9.17, 15) is 19.5 Å². The molecule has 1 fully saturated rings. The van der Waals surface area contributed by atoms with Gasteiger partial charge in [-0.25, -0.2) is 4.98 Å². The summed E-state index contributed by atoms with van der Waals surface area (Å²) >= 11 is 7.52. The number of rotatable bonds is 5. The van der Waals surface area contributed by atoms with Crippen LogP contribution in [-0.2, 0) is 14.4 Å². The van der Waals surface area contributed by atoms with Crippen molar-refractivity contribution < 1.29 is 19.5 Å². The van der Waals surface area contributed by atoms with Gasteiger partial charge in [0, 0.05) is 22.4 Å². The standard InChI is InChI=1S/C24H21ClN2O4S/c25-20-9-5-4-8-18(20)21-14-32-24(26-21)27-13-16(28)10-11-17(15-6-2-1-3-7-15)19(23(27)31)12-22(29)30/h1-9,14,17,19H,10-13H2,(H,29,30)/t17-,19+/m1/s1. The van der Waals surface area contributed by atoms with Gasteiger partial charge in [0.1, 0.15) is 0 Å². The second kappa shape index (κ2) is 9.63. The van der Waals surface area contributed by atoms with Gasteiger partial charge in [0.05, 0.1) is 24.6 Å². The van der Waals surface area contributed by atoms with Crippen molar-refractivity contribution in [1.29, 1.82) is 0 Å². The second-order valence-electron chi connectivity index (χ2n) is 7.72. The molecule has 0 unspecified atom stereocenters. The number of amides is 1. The highest BCUT2D eigenvalue weighted by Gasteiger charge is 2.38. The van der Waals surface area contributed by atoms with E-state index in [0.717, 1.165) is 11.1 Å². The number of nitrogens with zero attached hydrogens (tertiary/aromatic N) is 2. The van der Waals surface area contributed by atoms with Crippen molar-refractivity contribution in [3.8, 4) is 11.3 Å². The van der Waals surface area contributed by atoms with Crippen LogP contribution in [0.1, 0.15) is 30.7 Å². The van der Waals surface area contributed by atoms with Crippen LogP contribution in [0.15, 0.2) is 60.0 Å². The van der Waals surface area contributed by atoms with Gasteiger partial charge in [-0.1, -0.05) is 60.1 Å². The largest absolute Gasteiger partial charge is 0.481 e. The first-order valence-corrected chi connectivity index (χ1v) is 11.5. The molecular weight excluding hydrogens is 448 g/mol. The van der Waals surface area contributed by atoms with Crippen LogP contribution in [0.4, 0.5) is 5.13 Å². The number of hydrogen-bond acceptors (Lipinski definition) is 5. The Labute approximate surface area is 194 Å². The third-order valence-electron chi connectivity index (χ3n) is 5.63. The fraction of sp³-hybridized carbons (Fsp3) is 0.250. The van der Waals surface area contributed by atoms with Gasteiger partial charge in [0.25, 0.3) is 0 Å². The minimum Gasteiger partial charge on any atom is -0.481 e. The maximum Gasteiger partial charge on any atom is 0.304 e. The Morgan fingerprint density at radius 3 is 2.56 bits per heavy atom. The van der Waals surface area contributed by atoms with E-state index in [4.69, 9.17) is 11.6 Å². The maximum atomic E-state index is 13.6. The first-order chi connectivity index (χ1) is 15.4. The zero-order chi connectivity index (χ0) is 22.7. The molecule has 1 N–H and O–H groups in total. The lowest BCUT2D eigenvalue weighted by Crippen LogP contribution is -2.44. The topological polar surface area (TPSA) is 87.6 Å². The molecule has 6 nitrogen and oxygen atoms in total. The number of aliphatic carboxylic acids is 1. The van der Waals surface area contributed by atoms with Crippen LogP contribution in [0.25, 0.3) is 11.3 Å². The van der Waals surface area contributed by atoms with E-state index in [1.54, 1.807) is 11.4 Å². The Morgan fingerprint density at radius 2 is 1.84 bits per heavy atom. The number of halogens is 1. The molecule has 1 aliphatic rings. The second-order valence-corrected chi connectivity index (χ2v) is 8.96. The summed E-state index contributed by atoms with van der Waals surface area (Å²) in [7, 11) is 0. The fourth-order valence-electron chi connectivity index (χ4n) is 4.08. The highest BCUT2D eigenvalue weighted by molar-refractivity contribution is 7.14. The van der Waals surface area contributed by atoms with Crippen molar-refractivity contribution >= 4 is 45.7 Å². The van der Waals surface area contributed by atoms with Crippen molar-refractivity contribution in [2.75, 3.05) is 11.4 Å². The van der Waals surface area contributed by atoms with Gasteiger partial charge in [0.15, 0.2) is 10.9 Å². The minimum atomic E-state index is -1.05. The number of anilines is 1. The fourth-order valence-corrected chi connectivity index (χ4v) is 5.15. The Kier molecular flexibility index (Phi) is 6.67. The van der Waals surface area contributed by atoms with E-state index in [0.29, 0.717) is 22.3 Å². The van der Waals surface area contributed by atoms with Crippen LogP contribution in [0, 0.1) is 5.92 Å². The molecule has 164 valence electrons. The van der Waals surface area contributed by atoms with E-state index < -0.39 is 17.8 Å². The average molecular weight is 469 g/mol. The zero-order valence-corrected chi connectivity index (χ0v) is 18.7. The molecule has 2 atom stereocenters. The monoisotopic (exact) mass is 468 g/mol. The van der Waals surface area contributed by atoms with E-state index >= 15 is 0 Å². The van der Waals surface area contributed by atoms with Gasteiger partial charge in [-0.3, -0.25) is 19.3 Å². The molecule has 0 aliphatic carbocycles. The number of benzene rings is 2. The summed E-state index contributed by atoms with van der Waals surface area (Å²) in [5, 5.41) is 12.2. The lowest BCUT2D eigenvalue weighted by atomic mass is 9.78. The molecule has 2 heterocycles. The van der Waals surface area contributed by atoms with Gasteiger partial charge in [-0.05, 0) is 24.0 Å². The normalized spacial score (nSPS) is 19.5. The molecule has 1 aromatic heterocycles. The molecule has 0 radical (unpaired) electrons.